The molecule has 38 heavy (non-hydrogen) atoms. The molecule has 0 unspecified atom stereocenters. The standard InChI is InChI=1S/C28H24ClFN6O2/c1-15(2)35-23(20-14-33-28(32-3)34-26(20)38-4)12-19-25(35)24(17-7-5-16(13-31)6-8-17)36(27(19)37)18-9-10-22(30)21(29)11-18/h5-12,14-15,24H,1-4H3,(H,32,33,34)/t24-/m0/s1. The van der Waals surface area contributed by atoms with Crippen LogP contribution in [-0.2, 0) is 0 Å². The molecule has 0 fully saturated rings. The van der Waals surface area contributed by atoms with Gasteiger partial charge in [-0.15, -0.1) is 0 Å². The molecule has 0 bridgehead atoms. The van der Waals surface area contributed by atoms with Gasteiger partial charge in [-0.3, -0.25) is 9.69 Å². The van der Waals surface area contributed by atoms with E-state index in [0.717, 1.165) is 17.0 Å². The highest BCUT2D eigenvalue weighted by Gasteiger charge is 2.43. The Bertz CT molecular complexity index is 1590. The average molecular weight is 531 g/mol. The van der Waals surface area contributed by atoms with Crippen molar-refractivity contribution in [1.82, 2.24) is 14.5 Å². The topological polar surface area (TPSA) is 96.1 Å². The number of nitriles is 1. The predicted molar refractivity (Wildman–Crippen MR) is 143 cm³/mol. The second kappa shape index (κ2) is 9.80. The Morgan fingerprint density at radius 3 is 2.50 bits per heavy atom. The highest BCUT2D eigenvalue weighted by atomic mass is 35.5. The molecule has 2 aromatic carbocycles. The zero-order chi connectivity index (χ0) is 27.1. The van der Waals surface area contributed by atoms with E-state index in [1.807, 2.05) is 32.0 Å². The summed E-state index contributed by atoms with van der Waals surface area (Å²) in [6, 6.07) is 14.6. The van der Waals surface area contributed by atoms with Crippen LogP contribution in [0.4, 0.5) is 16.0 Å². The number of hydrogen-bond acceptors (Lipinski definition) is 6. The number of benzene rings is 2. The first-order valence-corrected chi connectivity index (χ1v) is 12.3. The first-order chi connectivity index (χ1) is 18.3. The van der Waals surface area contributed by atoms with Crippen LogP contribution in [0.5, 0.6) is 5.88 Å². The molecule has 0 spiro atoms. The Labute approximate surface area is 224 Å². The maximum Gasteiger partial charge on any atom is 0.261 e. The molecular weight excluding hydrogens is 507 g/mol. The first-order valence-electron chi connectivity index (χ1n) is 11.9. The van der Waals surface area contributed by atoms with Crippen molar-refractivity contribution in [2.75, 3.05) is 24.4 Å². The highest BCUT2D eigenvalue weighted by molar-refractivity contribution is 6.31. The molecule has 5 rings (SSSR count). The van der Waals surface area contributed by atoms with E-state index in [1.165, 1.54) is 25.3 Å². The van der Waals surface area contributed by atoms with Crippen molar-refractivity contribution in [3.8, 4) is 23.2 Å². The number of carbonyl (C=O) groups excluding carboxylic acids is 1. The van der Waals surface area contributed by atoms with E-state index < -0.39 is 11.9 Å². The lowest BCUT2D eigenvalue weighted by atomic mass is 10.0. The van der Waals surface area contributed by atoms with E-state index in [0.29, 0.717) is 34.2 Å². The minimum Gasteiger partial charge on any atom is -0.480 e. The molecule has 4 aromatic rings. The van der Waals surface area contributed by atoms with Crippen LogP contribution in [0.2, 0.25) is 5.02 Å². The Morgan fingerprint density at radius 2 is 1.89 bits per heavy atom. The SMILES string of the molecule is CNc1ncc(-c2cc3c(n2C(C)C)[C@H](c2ccc(C#N)cc2)N(c2ccc(F)c(Cl)c2)C3=O)c(OC)n1. The van der Waals surface area contributed by atoms with Crippen molar-refractivity contribution < 1.29 is 13.9 Å². The molecule has 1 N–H and O–H groups in total. The molecule has 1 atom stereocenters. The third-order valence-corrected chi connectivity index (χ3v) is 6.83. The van der Waals surface area contributed by atoms with Gasteiger partial charge in [-0.1, -0.05) is 23.7 Å². The Morgan fingerprint density at radius 1 is 1.16 bits per heavy atom. The minimum atomic E-state index is -0.569. The molecule has 3 heterocycles. The third kappa shape index (κ3) is 4.03. The van der Waals surface area contributed by atoms with Gasteiger partial charge in [-0.2, -0.15) is 10.2 Å². The molecule has 192 valence electrons. The summed E-state index contributed by atoms with van der Waals surface area (Å²) in [6.07, 6.45) is 1.67. The van der Waals surface area contributed by atoms with Gasteiger partial charge in [0, 0.05) is 25.0 Å². The van der Waals surface area contributed by atoms with Gasteiger partial charge < -0.3 is 14.6 Å². The third-order valence-electron chi connectivity index (χ3n) is 6.54. The van der Waals surface area contributed by atoms with Gasteiger partial charge in [0.2, 0.25) is 11.8 Å². The zero-order valence-electron chi connectivity index (χ0n) is 21.2. The van der Waals surface area contributed by atoms with Gasteiger partial charge in [0.25, 0.3) is 5.91 Å². The van der Waals surface area contributed by atoms with Crippen LogP contribution < -0.4 is 15.0 Å². The molecular formula is C28H24ClFN6O2. The summed E-state index contributed by atoms with van der Waals surface area (Å²) in [4.78, 5) is 24.4. The van der Waals surface area contributed by atoms with Crippen LogP contribution in [0, 0.1) is 17.1 Å². The van der Waals surface area contributed by atoms with Crippen LogP contribution in [0.1, 0.15) is 53.1 Å². The molecule has 0 aliphatic carbocycles. The molecule has 0 saturated heterocycles. The summed E-state index contributed by atoms with van der Waals surface area (Å²) in [5.74, 6) is -0.0522. The lowest BCUT2D eigenvalue weighted by Crippen LogP contribution is -2.30. The van der Waals surface area contributed by atoms with Crippen molar-refractivity contribution in [2.45, 2.75) is 25.9 Å². The van der Waals surface area contributed by atoms with Gasteiger partial charge in [0.1, 0.15) is 11.9 Å². The molecule has 0 radical (unpaired) electrons. The van der Waals surface area contributed by atoms with Gasteiger partial charge in [-0.25, -0.2) is 9.37 Å². The number of rotatable bonds is 6. The smallest absolute Gasteiger partial charge is 0.261 e. The number of ether oxygens (including phenoxy) is 1. The summed E-state index contributed by atoms with van der Waals surface area (Å²) >= 11 is 6.12. The fourth-order valence-electron chi connectivity index (χ4n) is 4.89. The number of nitrogens with zero attached hydrogens (tertiary/aromatic N) is 5. The van der Waals surface area contributed by atoms with Crippen LogP contribution in [0.25, 0.3) is 11.3 Å². The fraction of sp³-hybridized carbons (Fsp3) is 0.214. The molecule has 1 amide bonds. The van der Waals surface area contributed by atoms with Gasteiger partial charge >= 0.3 is 0 Å². The highest BCUT2D eigenvalue weighted by Crippen LogP contribution is 2.47. The van der Waals surface area contributed by atoms with Crippen molar-refractivity contribution in [2.24, 2.45) is 0 Å². The summed E-state index contributed by atoms with van der Waals surface area (Å²) in [6.45, 7) is 4.05. The second-order valence-electron chi connectivity index (χ2n) is 9.07. The van der Waals surface area contributed by atoms with Crippen molar-refractivity contribution in [3.05, 3.63) is 88.0 Å². The minimum absolute atomic E-state index is 0.0622. The molecule has 1 aliphatic rings. The zero-order valence-corrected chi connectivity index (χ0v) is 21.9. The molecule has 0 saturated carbocycles. The monoisotopic (exact) mass is 530 g/mol. The van der Waals surface area contributed by atoms with E-state index in [1.54, 1.807) is 30.3 Å². The number of amides is 1. The van der Waals surface area contributed by atoms with Crippen LogP contribution >= 0.6 is 11.6 Å². The van der Waals surface area contributed by atoms with Crippen LogP contribution in [-0.4, -0.2) is 34.6 Å². The number of hydrogen-bond donors (Lipinski definition) is 1. The quantitative estimate of drug-likeness (QED) is 0.329. The summed E-state index contributed by atoms with van der Waals surface area (Å²) < 4.78 is 21.7. The summed E-state index contributed by atoms with van der Waals surface area (Å²) in [7, 11) is 3.25. The summed E-state index contributed by atoms with van der Waals surface area (Å²) in [5.41, 5.74) is 4.36. The van der Waals surface area contributed by atoms with E-state index in [2.05, 4.69) is 25.9 Å². The molecule has 10 heteroatoms. The van der Waals surface area contributed by atoms with E-state index in [9.17, 15) is 14.4 Å². The van der Waals surface area contributed by atoms with E-state index >= 15 is 0 Å². The number of methoxy groups -OCH3 is 1. The molecule has 2 aromatic heterocycles. The van der Waals surface area contributed by atoms with Crippen molar-refractivity contribution in [1.29, 1.82) is 5.26 Å². The Hall–Kier alpha value is -4.42. The number of nitrogens with one attached hydrogen (secondary N) is 1. The van der Waals surface area contributed by atoms with Gasteiger partial charge in [0.15, 0.2) is 0 Å². The van der Waals surface area contributed by atoms with Gasteiger partial charge in [-0.05, 0) is 55.8 Å². The number of aromatic nitrogens is 3. The maximum atomic E-state index is 14.0. The van der Waals surface area contributed by atoms with Gasteiger partial charge in [0.05, 0.1) is 46.3 Å². The normalized spacial score (nSPS) is 14.5. The molecule has 8 nitrogen and oxygen atoms in total. The molecule has 1 aliphatic heterocycles. The lowest BCUT2D eigenvalue weighted by molar-refractivity contribution is 0.0993. The predicted octanol–water partition coefficient (Wildman–Crippen LogP) is 5.99. The maximum absolute atomic E-state index is 14.0. The number of anilines is 2. The van der Waals surface area contributed by atoms with Crippen LogP contribution in [0.3, 0.4) is 0 Å². The van der Waals surface area contributed by atoms with Crippen molar-refractivity contribution in [3.63, 3.8) is 0 Å². The number of halogens is 2. The fourth-order valence-corrected chi connectivity index (χ4v) is 5.06. The Kier molecular flexibility index (Phi) is 6.51. The summed E-state index contributed by atoms with van der Waals surface area (Å²) in [5, 5.41) is 12.1. The largest absolute Gasteiger partial charge is 0.480 e. The number of carbonyl (C=O) groups is 1. The van der Waals surface area contributed by atoms with Crippen molar-refractivity contribution >= 4 is 29.1 Å². The average Bonchev–Trinajstić information content (AvgIpc) is 3.45. The second-order valence-corrected chi connectivity index (χ2v) is 9.48. The van der Waals surface area contributed by atoms with E-state index in [-0.39, 0.29) is 17.0 Å². The first kappa shape index (κ1) is 25.2. The number of fused-ring (bicyclic) bond motifs is 1. The van der Waals surface area contributed by atoms with Crippen LogP contribution in [0.15, 0.2) is 54.7 Å². The lowest BCUT2D eigenvalue weighted by Gasteiger charge is -2.29. The Balaban J connectivity index is 1.77. The van der Waals surface area contributed by atoms with E-state index in [4.69, 9.17) is 16.3 Å².